The van der Waals surface area contributed by atoms with E-state index in [2.05, 4.69) is 4.98 Å². The van der Waals surface area contributed by atoms with Crippen molar-refractivity contribution in [3.8, 4) is 11.5 Å². The van der Waals surface area contributed by atoms with Crippen LogP contribution in [0.15, 0.2) is 28.9 Å². The minimum Gasteiger partial charge on any atom is -0.466 e. The van der Waals surface area contributed by atoms with E-state index < -0.39 is 0 Å². The predicted octanol–water partition coefficient (Wildman–Crippen LogP) is 4.45. The molecule has 1 heterocycles. The van der Waals surface area contributed by atoms with Crippen LogP contribution in [-0.4, -0.2) is 41.5 Å². The summed E-state index contributed by atoms with van der Waals surface area (Å²) in [6.45, 7) is 4.78. The van der Waals surface area contributed by atoms with Crippen LogP contribution in [0.2, 0.25) is 10.0 Å². The smallest absolute Gasteiger partial charge is 0.307 e. The lowest BCUT2D eigenvalue weighted by atomic mass is 10.2. The maximum atomic E-state index is 12.7. The highest BCUT2D eigenvalue weighted by Crippen LogP contribution is 2.28. The topological polar surface area (TPSA) is 72.6 Å². The number of oxazole rings is 1. The van der Waals surface area contributed by atoms with Gasteiger partial charge < -0.3 is 14.1 Å². The molecule has 1 amide bonds. The van der Waals surface area contributed by atoms with Gasteiger partial charge in [-0.15, -0.1) is 0 Å². The molecular formula is C18H20Cl2N2O4. The first kappa shape index (κ1) is 20.3. The van der Waals surface area contributed by atoms with Crippen LogP contribution >= 0.6 is 23.2 Å². The van der Waals surface area contributed by atoms with Gasteiger partial charge in [0, 0.05) is 18.7 Å². The molecular weight excluding hydrogens is 379 g/mol. The van der Waals surface area contributed by atoms with Crippen molar-refractivity contribution in [1.29, 1.82) is 0 Å². The fourth-order valence-electron chi connectivity index (χ4n) is 2.34. The van der Waals surface area contributed by atoms with Crippen molar-refractivity contribution in [3.63, 3.8) is 0 Å². The lowest BCUT2D eigenvalue weighted by Crippen LogP contribution is -2.34. The first-order chi connectivity index (χ1) is 12.5. The second-order valence-corrected chi connectivity index (χ2v) is 6.33. The summed E-state index contributed by atoms with van der Waals surface area (Å²) in [4.78, 5) is 30.0. The zero-order valence-corrected chi connectivity index (χ0v) is 16.1. The Bertz CT molecular complexity index is 776. The second-order valence-electron chi connectivity index (χ2n) is 5.51. The molecule has 1 aromatic heterocycles. The number of nitrogens with zero attached hydrogens (tertiary/aromatic N) is 2. The summed E-state index contributed by atoms with van der Waals surface area (Å²) in [5.41, 5.74) is 0.787. The van der Waals surface area contributed by atoms with Gasteiger partial charge in [-0.2, -0.15) is 0 Å². The summed E-state index contributed by atoms with van der Waals surface area (Å²) in [5.74, 6) is -0.363. The number of halogens is 2. The summed E-state index contributed by atoms with van der Waals surface area (Å²) >= 11 is 11.9. The minimum absolute atomic E-state index is 0.136. The average molecular weight is 399 g/mol. The van der Waals surface area contributed by atoms with Crippen molar-refractivity contribution in [3.05, 3.63) is 40.2 Å². The lowest BCUT2D eigenvalue weighted by Gasteiger charge is -2.20. The zero-order valence-electron chi connectivity index (χ0n) is 14.6. The van der Waals surface area contributed by atoms with Gasteiger partial charge in [0.25, 0.3) is 5.91 Å². The summed E-state index contributed by atoms with van der Waals surface area (Å²) in [7, 11) is 0. The molecule has 0 aliphatic rings. The Morgan fingerprint density at radius 1 is 1.19 bits per heavy atom. The standard InChI is InChI=1S/C18H20Cl2N2O4/c1-3-8-22(9-7-16(23)25-4-2)18(24)15-11-26-17(21-15)12-5-6-13(19)14(20)10-12/h5-6,10-11H,3-4,7-9H2,1-2H3. The molecule has 140 valence electrons. The van der Waals surface area contributed by atoms with Crippen LogP contribution < -0.4 is 0 Å². The highest BCUT2D eigenvalue weighted by atomic mass is 35.5. The van der Waals surface area contributed by atoms with E-state index in [4.69, 9.17) is 32.4 Å². The van der Waals surface area contributed by atoms with Gasteiger partial charge in [-0.25, -0.2) is 4.98 Å². The van der Waals surface area contributed by atoms with E-state index in [9.17, 15) is 9.59 Å². The monoisotopic (exact) mass is 398 g/mol. The van der Waals surface area contributed by atoms with Crippen LogP contribution in [0, 0.1) is 0 Å². The molecule has 0 unspecified atom stereocenters. The Labute approximate surface area is 162 Å². The Morgan fingerprint density at radius 3 is 2.62 bits per heavy atom. The van der Waals surface area contributed by atoms with E-state index in [1.807, 2.05) is 6.92 Å². The third-order valence-electron chi connectivity index (χ3n) is 3.56. The Hall–Kier alpha value is -2.05. The van der Waals surface area contributed by atoms with Gasteiger partial charge in [-0.3, -0.25) is 9.59 Å². The molecule has 0 aliphatic carbocycles. The van der Waals surface area contributed by atoms with Gasteiger partial charge in [0.2, 0.25) is 5.89 Å². The molecule has 8 heteroatoms. The van der Waals surface area contributed by atoms with Crippen molar-refractivity contribution in [1.82, 2.24) is 9.88 Å². The molecule has 0 saturated carbocycles. The van der Waals surface area contributed by atoms with Gasteiger partial charge in [-0.1, -0.05) is 30.1 Å². The molecule has 2 aromatic rings. The van der Waals surface area contributed by atoms with Crippen molar-refractivity contribution >= 4 is 35.1 Å². The number of aromatic nitrogens is 1. The normalized spacial score (nSPS) is 10.6. The number of carbonyl (C=O) groups excluding carboxylic acids is 2. The highest BCUT2D eigenvalue weighted by Gasteiger charge is 2.21. The molecule has 1 aromatic carbocycles. The maximum Gasteiger partial charge on any atom is 0.307 e. The van der Waals surface area contributed by atoms with E-state index in [1.165, 1.54) is 6.26 Å². The van der Waals surface area contributed by atoms with Crippen LogP contribution in [0.1, 0.15) is 37.2 Å². The summed E-state index contributed by atoms with van der Waals surface area (Å²) in [6, 6.07) is 4.96. The predicted molar refractivity (Wildman–Crippen MR) is 99.4 cm³/mol. The quantitative estimate of drug-likeness (QED) is 0.613. The van der Waals surface area contributed by atoms with E-state index >= 15 is 0 Å². The molecule has 0 bridgehead atoms. The van der Waals surface area contributed by atoms with Crippen LogP contribution in [0.3, 0.4) is 0 Å². The fourth-order valence-corrected chi connectivity index (χ4v) is 2.64. The number of hydrogen-bond donors (Lipinski definition) is 0. The van der Waals surface area contributed by atoms with E-state index in [0.717, 1.165) is 6.42 Å². The lowest BCUT2D eigenvalue weighted by molar-refractivity contribution is -0.143. The fraction of sp³-hybridized carbons (Fsp3) is 0.389. The molecule has 0 fully saturated rings. The maximum absolute atomic E-state index is 12.7. The first-order valence-corrected chi connectivity index (χ1v) is 9.07. The number of rotatable bonds is 8. The third kappa shape index (κ3) is 5.22. The summed E-state index contributed by atoms with van der Waals surface area (Å²) < 4.78 is 10.3. The second kappa shape index (κ2) is 9.59. The Morgan fingerprint density at radius 2 is 1.96 bits per heavy atom. The van der Waals surface area contributed by atoms with Gasteiger partial charge in [-0.05, 0) is 31.5 Å². The van der Waals surface area contributed by atoms with Crippen LogP contribution in [-0.2, 0) is 9.53 Å². The molecule has 0 atom stereocenters. The van der Waals surface area contributed by atoms with Gasteiger partial charge in [0.05, 0.1) is 23.1 Å². The van der Waals surface area contributed by atoms with Crippen molar-refractivity contribution in [2.45, 2.75) is 26.7 Å². The van der Waals surface area contributed by atoms with Gasteiger partial charge in [0.1, 0.15) is 6.26 Å². The van der Waals surface area contributed by atoms with Gasteiger partial charge in [0.15, 0.2) is 5.69 Å². The summed E-state index contributed by atoms with van der Waals surface area (Å²) in [5, 5.41) is 0.795. The number of esters is 1. The SMILES string of the molecule is CCCN(CCC(=O)OCC)C(=O)c1coc(-c2ccc(Cl)c(Cl)c2)n1. The molecule has 0 aliphatic heterocycles. The molecule has 0 radical (unpaired) electrons. The van der Waals surface area contributed by atoms with Crippen LogP contribution in [0.25, 0.3) is 11.5 Å². The molecule has 2 rings (SSSR count). The molecule has 0 saturated heterocycles. The van der Waals surface area contributed by atoms with E-state index in [0.29, 0.717) is 28.8 Å². The Balaban J connectivity index is 2.12. The van der Waals surface area contributed by atoms with Gasteiger partial charge >= 0.3 is 5.97 Å². The Kier molecular flexibility index (Phi) is 7.48. The molecule has 26 heavy (non-hydrogen) atoms. The molecule has 0 spiro atoms. The number of carbonyl (C=O) groups is 2. The number of benzene rings is 1. The van der Waals surface area contributed by atoms with E-state index in [1.54, 1.807) is 30.0 Å². The summed E-state index contributed by atoms with van der Waals surface area (Å²) in [6.07, 6.45) is 2.19. The van der Waals surface area contributed by atoms with Crippen LogP contribution in [0.5, 0.6) is 0 Å². The zero-order chi connectivity index (χ0) is 19.1. The van der Waals surface area contributed by atoms with Crippen molar-refractivity contribution < 1.29 is 18.7 Å². The van der Waals surface area contributed by atoms with E-state index in [-0.39, 0.29) is 36.4 Å². The number of ether oxygens (including phenoxy) is 1. The molecule has 6 nitrogen and oxygen atoms in total. The van der Waals surface area contributed by atoms with Crippen LogP contribution in [0.4, 0.5) is 0 Å². The number of hydrogen-bond acceptors (Lipinski definition) is 5. The minimum atomic E-state index is -0.335. The number of amides is 1. The first-order valence-electron chi connectivity index (χ1n) is 8.32. The average Bonchev–Trinajstić information content (AvgIpc) is 3.10. The van der Waals surface area contributed by atoms with Crippen molar-refractivity contribution in [2.24, 2.45) is 0 Å². The van der Waals surface area contributed by atoms with Crippen molar-refractivity contribution in [2.75, 3.05) is 19.7 Å². The third-order valence-corrected chi connectivity index (χ3v) is 4.30. The highest BCUT2D eigenvalue weighted by molar-refractivity contribution is 6.42. The largest absolute Gasteiger partial charge is 0.466 e. The molecule has 0 N–H and O–H groups in total.